The van der Waals surface area contributed by atoms with Crippen LogP contribution in [0.1, 0.15) is 44.6 Å². The number of hydrogen-bond donors (Lipinski definition) is 0. The minimum atomic E-state index is 0.0297. The molecule has 0 amide bonds. The summed E-state index contributed by atoms with van der Waals surface area (Å²) < 4.78 is 1.69. The molecular weight excluding hydrogens is 322 g/mol. The summed E-state index contributed by atoms with van der Waals surface area (Å²) in [7, 11) is 0. The molecule has 3 aromatic rings. The van der Waals surface area contributed by atoms with Gasteiger partial charge in [-0.2, -0.15) is 0 Å². The summed E-state index contributed by atoms with van der Waals surface area (Å²) in [5, 5.41) is 1.07. The molecule has 0 spiro atoms. The highest BCUT2D eigenvalue weighted by Crippen LogP contribution is 2.31. The SMILES string of the molecule is CC(=O)n1ccc2cc(N(CCC(C)(C)C)c3ccnc(C)c3)ccc21. The molecule has 0 aliphatic heterocycles. The van der Waals surface area contributed by atoms with Crippen molar-refractivity contribution in [3.05, 3.63) is 54.5 Å². The lowest BCUT2D eigenvalue weighted by molar-refractivity contribution is 0.0941. The molecule has 0 N–H and O–H groups in total. The van der Waals surface area contributed by atoms with Gasteiger partial charge in [0, 0.05) is 48.3 Å². The van der Waals surface area contributed by atoms with E-state index in [2.05, 4.69) is 54.9 Å². The van der Waals surface area contributed by atoms with Gasteiger partial charge in [-0.05, 0) is 55.2 Å². The Bertz CT molecular complexity index is 934. The molecule has 0 atom stereocenters. The monoisotopic (exact) mass is 349 g/mol. The molecule has 26 heavy (non-hydrogen) atoms. The number of rotatable bonds is 4. The molecule has 0 unspecified atom stereocenters. The molecule has 4 nitrogen and oxygen atoms in total. The van der Waals surface area contributed by atoms with E-state index in [1.54, 1.807) is 11.5 Å². The molecule has 2 heterocycles. The largest absolute Gasteiger partial charge is 0.341 e. The van der Waals surface area contributed by atoms with E-state index in [4.69, 9.17) is 0 Å². The number of carbonyl (C=O) groups is 1. The van der Waals surface area contributed by atoms with Crippen molar-refractivity contribution in [2.45, 2.75) is 41.0 Å². The molecule has 1 aromatic carbocycles. The topological polar surface area (TPSA) is 38.1 Å². The zero-order valence-electron chi connectivity index (χ0n) is 16.3. The molecule has 0 aliphatic carbocycles. The van der Waals surface area contributed by atoms with Crippen LogP contribution in [0.15, 0.2) is 48.8 Å². The molecule has 4 heteroatoms. The average Bonchev–Trinajstić information content (AvgIpc) is 2.97. The van der Waals surface area contributed by atoms with Crippen LogP contribution in [-0.4, -0.2) is 22.0 Å². The summed E-state index contributed by atoms with van der Waals surface area (Å²) in [6, 6.07) is 12.5. The maximum Gasteiger partial charge on any atom is 0.227 e. The number of pyridine rings is 1. The van der Waals surface area contributed by atoms with Gasteiger partial charge in [0.05, 0.1) is 5.52 Å². The van der Waals surface area contributed by atoms with Crippen LogP contribution in [-0.2, 0) is 0 Å². The van der Waals surface area contributed by atoms with Crippen LogP contribution < -0.4 is 4.90 Å². The summed E-state index contributed by atoms with van der Waals surface area (Å²) in [6.07, 6.45) is 4.77. The first kappa shape index (κ1) is 18.2. The number of fused-ring (bicyclic) bond motifs is 1. The van der Waals surface area contributed by atoms with Crippen molar-refractivity contribution >= 4 is 28.2 Å². The first-order valence-electron chi connectivity index (χ1n) is 9.07. The third-order valence-electron chi connectivity index (χ3n) is 4.60. The highest BCUT2D eigenvalue weighted by molar-refractivity contribution is 5.93. The predicted molar refractivity (Wildman–Crippen MR) is 108 cm³/mol. The molecule has 0 radical (unpaired) electrons. The Kier molecular flexibility index (Phi) is 4.86. The third kappa shape index (κ3) is 3.96. The van der Waals surface area contributed by atoms with Crippen molar-refractivity contribution in [1.82, 2.24) is 9.55 Å². The molecular formula is C22H27N3O. The summed E-state index contributed by atoms with van der Waals surface area (Å²) in [4.78, 5) is 18.4. The first-order chi connectivity index (χ1) is 12.2. The van der Waals surface area contributed by atoms with Crippen molar-refractivity contribution in [1.29, 1.82) is 0 Å². The fraction of sp³-hybridized carbons (Fsp3) is 0.364. The average molecular weight is 349 g/mol. The zero-order valence-corrected chi connectivity index (χ0v) is 16.3. The maximum absolute atomic E-state index is 11.8. The minimum absolute atomic E-state index is 0.0297. The Morgan fingerprint density at radius 1 is 1.12 bits per heavy atom. The molecule has 0 aliphatic rings. The van der Waals surface area contributed by atoms with Crippen LogP contribution in [0, 0.1) is 12.3 Å². The number of aromatic nitrogens is 2. The van der Waals surface area contributed by atoms with E-state index in [-0.39, 0.29) is 11.3 Å². The Balaban J connectivity index is 2.03. The van der Waals surface area contributed by atoms with E-state index in [1.807, 2.05) is 31.5 Å². The van der Waals surface area contributed by atoms with Crippen LogP contribution in [0.2, 0.25) is 0 Å². The van der Waals surface area contributed by atoms with Crippen molar-refractivity contribution in [2.24, 2.45) is 5.41 Å². The quantitative estimate of drug-likeness (QED) is 0.617. The van der Waals surface area contributed by atoms with Gasteiger partial charge in [-0.15, -0.1) is 0 Å². The molecule has 0 saturated carbocycles. The van der Waals surface area contributed by atoms with Crippen LogP contribution >= 0.6 is 0 Å². The first-order valence-corrected chi connectivity index (χ1v) is 9.07. The van der Waals surface area contributed by atoms with E-state index in [0.717, 1.165) is 40.9 Å². The summed E-state index contributed by atoms with van der Waals surface area (Å²) in [5.74, 6) is 0.0297. The highest BCUT2D eigenvalue weighted by Gasteiger charge is 2.17. The smallest absolute Gasteiger partial charge is 0.227 e. The summed E-state index contributed by atoms with van der Waals surface area (Å²) >= 11 is 0. The second-order valence-corrected chi connectivity index (χ2v) is 8.07. The molecule has 3 rings (SSSR count). The number of carbonyl (C=O) groups excluding carboxylic acids is 1. The van der Waals surface area contributed by atoms with Gasteiger partial charge >= 0.3 is 0 Å². The van der Waals surface area contributed by atoms with Gasteiger partial charge in [-0.25, -0.2) is 0 Å². The molecule has 0 fully saturated rings. The Morgan fingerprint density at radius 3 is 2.50 bits per heavy atom. The lowest BCUT2D eigenvalue weighted by atomic mass is 9.92. The number of anilines is 2. The molecule has 136 valence electrons. The van der Waals surface area contributed by atoms with E-state index in [0.29, 0.717) is 0 Å². The summed E-state index contributed by atoms with van der Waals surface area (Å²) in [6.45, 7) is 11.3. The van der Waals surface area contributed by atoms with E-state index in [9.17, 15) is 4.79 Å². The lowest BCUT2D eigenvalue weighted by Gasteiger charge is -2.29. The number of benzene rings is 1. The minimum Gasteiger partial charge on any atom is -0.341 e. The Morgan fingerprint density at radius 2 is 1.85 bits per heavy atom. The maximum atomic E-state index is 11.8. The molecule has 2 aromatic heterocycles. The number of hydrogen-bond acceptors (Lipinski definition) is 3. The molecule has 0 saturated heterocycles. The van der Waals surface area contributed by atoms with E-state index >= 15 is 0 Å². The normalized spacial score (nSPS) is 11.7. The van der Waals surface area contributed by atoms with Gasteiger partial charge < -0.3 is 4.90 Å². The fourth-order valence-electron chi connectivity index (χ4n) is 3.13. The van der Waals surface area contributed by atoms with Crippen LogP contribution in [0.25, 0.3) is 10.9 Å². The van der Waals surface area contributed by atoms with Crippen molar-refractivity contribution in [3.63, 3.8) is 0 Å². The zero-order chi connectivity index (χ0) is 18.9. The third-order valence-corrected chi connectivity index (χ3v) is 4.60. The Hall–Kier alpha value is -2.62. The van der Waals surface area contributed by atoms with Gasteiger partial charge in [0.2, 0.25) is 5.91 Å². The Labute approximate surface area is 155 Å². The van der Waals surface area contributed by atoms with Gasteiger partial charge in [0.1, 0.15) is 0 Å². The van der Waals surface area contributed by atoms with Crippen LogP contribution in [0.4, 0.5) is 11.4 Å². The lowest BCUT2D eigenvalue weighted by Crippen LogP contribution is -2.23. The van der Waals surface area contributed by atoms with Gasteiger partial charge in [0.15, 0.2) is 0 Å². The van der Waals surface area contributed by atoms with Crippen LogP contribution in [0.3, 0.4) is 0 Å². The standard InChI is InChI=1S/C22H27N3O/c1-16-14-20(8-11-23-16)25(13-10-22(3,4)5)19-6-7-21-18(15-19)9-12-24(21)17(2)26/h6-9,11-12,14-15H,10,13H2,1-5H3. The van der Waals surface area contributed by atoms with Crippen molar-refractivity contribution in [2.75, 3.05) is 11.4 Å². The van der Waals surface area contributed by atoms with Crippen molar-refractivity contribution < 1.29 is 4.79 Å². The van der Waals surface area contributed by atoms with Gasteiger partial charge in [0.25, 0.3) is 0 Å². The van der Waals surface area contributed by atoms with Crippen molar-refractivity contribution in [3.8, 4) is 0 Å². The fourth-order valence-corrected chi connectivity index (χ4v) is 3.13. The number of nitrogens with zero attached hydrogens (tertiary/aromatic N) is 3. The van der Waals surface area contributed by atoms with Crippen LogP contribution in [0.5, 0.6) is 0 Å². The molecule has 0 bridgehead atoms. The predicted octanol–water partition coefficient (Wildman–Crippen LogP) is 5.58. The van der Waals surface area contributed by atoms with E-state index < -0.39 is 0 Å². The number of aryl methyl sites for hydroxylation is 1. The summed E-state index contributed by atoms with van der Waals surface area (Å²) in [5.41, 5.74) is 4.48. The van der Waals surface area contributed by atoms with Gasteiger partial charge in [-0.1, -0.05) is 20.8 Å². The second kappa shape index (κ2) is 6.94. The van der Waals surface area contributed by atoms with E-state index in [1.165, 1.54) is 0 Å². The van der Waals surface area contributed by atoms with Gasteiger partial charge in [-0.3, -0.25) is 14.3 Å². The second-order valence-electron chi connectivity index (χ2n) is 8.07. The highest BCUT2D eigenvalue weighted by atomic mass is 16.1.